The Morgan fingerprint density at radius 2 is 2.10 bits per heavy atom. The van der Waals surface area contributed by atoms with Crippen molar-refractivity contribution in [3.8, 4) is 0 Å². The van der Waals surface area contributed by atoms with Crippen molar-refractivity contribution in [2.45, 2.75) is 24.9 Å². The molecule has 1 N–H and O–H groups in total. The van der Waals surface area contributed by atoms with Gasteiger partial charge in [0, 0.05) is 42.5 Å². The largest absolute Gasteiger partial charge is 0.347 e. The number of fused-ring (bicyclic) bond motifs is 2. The fourth-order valence-corrected chi connectivity index (χ4v) is 4.92. The Bertz CT molecular complexity index is 1300. The normalized spacial score (nSPS) is 13.1. The van der Waals surface area contributed by atoms with Gasteiger partial charge in [-0.2, -0.15) is 5.10 Å². The van der Waals surface area contributed by atoms with Gasteiger partial charge in [-0.3, -0.25) is 14.1 Å². The average Bonchev–Trinajstić information content (AvgIpc) is 3.46. The Balaban J connectivity index is 1.35. The van der Waals surface area contributed by atoms with E-state index in [1.165, 1.54) is 6.07 Å². The fourth-order valence-electron chi connectivity index (χ4n) is 3.83. The summed E-state index contributed by atoms with van der Waals surface area (Å²) in [5.41, 5.74) is 2.66. The smallest absolute Gasteiger partial charge is 0.268 e. The molecule has 0 saturated heterocycles. The molecule has 0 spiro atoms. The van der Waals surface area contributed by atoms with Crippen molar-refractivity contribution in [2.24, 2.45) is 7.05 Å². The van der Waals surface area contributed by atoms with Crippen molar-refractivity contribution in [1.29, 1.82) is 0 Å². The predicted octanol–water partition coefficient (Wildman–Crippen LogP) is 3.67. The van der Waals surface area contributed by atoms with Crippen LogP contribution < -0.4 is 9.62 Å². The Labute approximate surface area is 183 Å². The number of rotatable bonds is 5. The van der Waals surface area contributed by atoms with Gasteiger partial charge in [-0.05, 0) is 43.1 Å². The number of carbonyl (C=O) groups excluding carboxylic acids is 1. The van der Waals surface area contributed by atoms with E-state index >= 15 is 0 Å². The molecule has 1 aliphatic heterocycles. The van der Waals surface area contributed by atoms with Crippen LogP contribution in [-0.4, -0.2) is 31.8 Å². The second-order valence-electron chi connectivity index (χ2n) is 7.42. The third-order valence-electron chi connectivity index (χ3n) is 5.66. The van der Waals surface area contributed by atoms with E-state index in [4.69, 9.17) is 0 Å². The molecule has 5 rings (SSSR count). The topological polar surface area (TPSA) is 68.0 Å². The molecular formula is C22H21FN6OS. The molecule has 31 heavy (non-hydrogen) atoms. The first-order valence-corrected chi connectivity index (χ1v) is 10.7. The molecule has 4 aromatic rings. The van der Waals surface area contributed by atoms with E-state index in [1.807, 2.05) is 41.4 Å². The van der Waals surface area contributed by atoms with Crippen LogP contribution in [-0.2, 0) is 20.1 Å². The van der Waals surface area contributed by atoms with Gasteiger partial charge in [0.25, 0.3) is 5.91 Å². The number of carbonyl (C=O) groups is 1. The lowest BCUT2D eigenvalue weighted by Gasteiger charge is -2.14. The van der Waals surface area contributed by atoms with Crippen LogP contribution in [0.4, 0.5) is 10.2 Å². The second kappa shape index (κ2) is 7.73. The third kappa shape index (κ3) is 3.44. The van der Waals surface area contributed by atoms with Crippen LogP contribution in [0.5, 0.6) is 0 Å². The zero-order valence-corrected chi connectivity index (χ0v) is 18.0. The molecule has 4 heterocycles. The summed E-state index contributed by atoms with van der Waals surface area (Å²) in [5.74, 6) is 0.453. The summed E-state index contributed by atoms with van der Waals surface area (Å²) in [4.78, 5) is 18.2. The molecule has 0 saturated carbocycles. The molecule has 1 amide bonds. The maximum absolute atomic E-state index is 14.4. The van der Waals surface area contributed by atoms with E-state index in [-0.39, 0.29) is 18.3 Å². The second-order valence-corrected chi connectivity index (χ2v) is 8.49. The van der Waals surface area contributed by atoms with Gasteiger partial charge in [0.15, 0.2) is 0 Å². The molecule has 1 aromatic carbocycles. The van der Waals surface area contributed by atoms with Gasteiger partial charge < -0.3 is 9.88 Å². The van der Waals surface area contributed by atoms with Crippen LogP contribution in [0, 0.1) is 12.7 Å². The molecule has 0 unspecified atom stereocenters. The van der Waals surface area contributed by atoms with Crippen LogP contribution in [0.15, 0.2) is 53.7 Å². The molecule has 0 atom stereocenters. The van der Waals surface area contributed by atoms with Gasteiger partial charge in [0.1, 0.15) is 17.3 Å². The van der Waals surface area contributed by atoms with E-state index in [0.717, 1.165) is 29.5 Å². The highest BCUT2D eigenvalue weighted by Crippen LogP contribution is 2.35. The summed E-state index contributed by atoms with van der Waals surface area (Å²) >= 11 is 1.60. The van der Waals surface area contributed by atoms with Crippen molar-refractivity contribution in [3.63, 3.8) is 0 Å². The van der Waals surface area contributed by atoms with Gasteiger partial charge in [-0.15, -0.1) is 0 Å². The van der Waals surface area contributed by atoms with Crippen molar-refractivity contribution in [1.82, 2.24) is 24.6 Å². The zero-order chi connectivity index (χ0) is 21.5. The minimum absolute atomic E-state index is 0.0890. The summed E-state index contributed by atoms with van der Waals surface area (Å²) in [6.07, 6.45) is 3.46. The number of anilines is 1. The number of amides is 1. The molecule has 3 aromatic heterocycles. The third-order valence-corrected chi connectivity index (χ3v) is 6.86. The number of halogens is 1. The van der Waals surface area contributed by atoms with Crippen LogP contribution in [0.25, 0.3) is 10.9 Å². The maximum atomic E-state index is 14.4. The number of benzene rings is 1. The monoisotopic (exact) mass is 436 g/mol. The molecule has 0 fully saturated rings. The summed E-state index contributed by atoms with van der Waals surface area (Å²) in [7, 11) is 1.87. The molecule has 9 heteroatoms. The van der Waals surface area contributed by atoms with Crippen LogP contribution >= 0.6 is 11.9 Å². The highest BCUT2D eigenvalue weighted by Gasteiger charge is 2.24. The van der Waals surface area contributed by atoms with E-state index < -0.39 is 0 Å². The minimum atomic E-state index is -0.356. The average molecular weight is 437 g/mol. The SMILES string of the molecule is Cc1c(SN2CCn3nccc32)cc(C(=O)NCc2c(F)ccc3ncccc23)n1C. The lowest BCUT2D eigenvalue weighted by Crippen LogP contribution is -2.25. The van der Waals surface area contributed by atoms with Crippen LogP contribution in [0.3, 0.4) is 0 Å². The van der Waals surface area contributed by atoms with Gasteiger partial charge in [-0.1, -0.05) is 6.07 Å². The van der Waals surface area contributed by atoms with Crippen molar-refractivity contribution < 1.29 is 9.18 Å². The van der Waals surface area contributed by atoms with E-state index in [0.29, 0.717) is 22.2 Å². The molecule has 0 aliphatic carbocycles. The summed E-state index contributed by atoms with van der Waals surface area (Å²) in [5, 5.41) is 7.87. The number of nitrogens with one attached hydrogen (secondary N) is 1. The van der Waals surface area contributed by atoms with Gasteiger partial charge in [0.2, 0.25) is 0 Å². The Morgan fingerprint density at radius 1 is 1.23 bits per heavy atom. The predicted molar refractivity (Wildman–Crippen MR) is 118 cm³/mol. The number of nitrogens with zero attached hydrogens (tertiary/aromatic N) is 5. The quantitative estimate of drug-likeness (QED) is 0.484. The van der Waals surface area contributed by atoms with Gasteiger partial charge in [0.05, 0.1) is 29.7 Å². The zero-order valence-electron chi connectivity index (χ0n) is 17.2. The molecule has 158 valence electrons. The van der Waals surface area contributed by atoms with Crippen LogP contribution in [0.2, 0.25) is 0 Å². The first-order valence-electron chi connectivity index (χ1n) is 9.97. The number of hydrogen-bond acceptors (Lipinski definition) is 5. The minimum Gasteiger partial charge on any atom is -0.347 e. The Kier molecular flexibility index (Phi) is 4.90. The molecule has 0 bridgehead atoms. The first-order chi connectivity index (χ1) is 15.0. The van der Waals surface area contributed by atoms with E-state index in [9.17, 15) is 9.18 Å². The summed E-state index contributed by atoms with van der Waals surface area (Å²) in [6, 6.07) is 10.5. The van der Waals surface area contributed by atoms with Crippen LogP contribution in [0.1, 0.15) is 21.7 Å². The summed E-state index contributed by atoms with van der Waals surface area (Å²) < 4.78 is 20.4. The highest BCUT2D eigenvalue weighted by atomic mass is 32.2. The van der Waals surface area contributed by atoms with Crippen molar-refractivity contribution in [2.75, 3.05) is 10.8 Å². The maximum Gasteiger partial charge on any atom is 0.268 e. The van der Waals surface area contributed by atoms with E-state index in [2.05, 4.69) is 19.7 Å². The van der Waals surface area contributed by atoms with Crippen molar-refractivity contribution >= 4 is 34.6 Å². The summed E-state index contributed by atoms with van der Waals surface area (Å²) in [6.45, 7) is 3.78. The first kappa shape index (κ1) is 19.6. The lowest BCUT2D eigenvalue weighted by molar-refractivity contribution is 0.0942. The molecule has 1 aliphatic rings. The fraction of sp³-hybridized carbons (Fsp3) is 0.227. The standard InChI is InChI=1S/C22H21FN6OS/c1-14-20(31-29-11-10-28-21(29)7-9-26-28)12-19(27(14)2)22(30)25-13-16-15-4-3-8-24-18(15)6-5-17(16)23/h3-9,12H,10-11,13H2,1-2H3,(H,25,30). The number of aromatic nitrogens is 4. The highest BCUT2D eigenvalue weighted by molar-refractivity contribution is 8.00. The lowest BCUT2D eigenvalue weighted by atomic mass is 10.1. The molecular weight excluding hydrogens is 415 g/mol. The molecule has 0 radical (unpaired) electrons. The van der Waals surface area contributed by atoms with Crippen molar-refractivity contribution in [3.05, 3.63) is 71.6 Å². The Morgan fingerprint density at radius 3 is 2.97 bits per heavy atom. The Hall–Kier alpha value is -3.33. The number of pyridine rings is 1. The van der Waals surface area contributed by atoms with Gasteiger partial charge >= 0.3 is 0 Å². The van der Waals surface area contributed by atoms with Gasteiger partial charge in [-0.25, -0.2) is 9.07 Å². The molecule has 7 nitrogen and oxygen atoms in total. The number of hydrogen-bond donors (Lipinski definition) is 1. The van der Waals surface area contributed by atoms with E-state index in [1.54, 1.807) is 36.5 Å².